The zero-order chi connectivity index (χ0) is 9.15. The fourth-order valence-corrected chi connectivity index (χ4v) is 3.06. The second-order valence-electron chi connectivity index (χ2n) is 5.11. The molecule has 2 fully saturated rings. The number of nitrogens with zero attached hydrogens (tertiary/aromatic N) is 1. The Bertz CT molecular complexity index is 158. The summed E-state index contributed by atoms with van der Waals surface area (Å²) >= 11 is 0. The van der Waals surface area contributed by atoms with Crippen LogP contribution in [0.3, 0.4) is 0 Å². The predicted octanol–water partition coefficient (Wildman–Crippen LogP) is 3.62. The first-order valence-electron chi connectivity index (χ1n) is 6.06. The van der Waals surface area contributed by atoms with E-state index in [0.717, 1.165) is 0 Å². The molecular weight excluding hydrogens is 194 g/mol. The molecule has 2 heteroatoms. The smallest absolute Gasteiger partial charge is 0.0181 e. The van der Waals surface area contributed by atoms with E-state index in [0.29, 0.717) is 5.54 Å². The van der Waals surface area contributed by atoms with Crippen molar-refractivity contribution in [2.45, 2.75) is 63.8 Å². The average Bonchev–Trinajstić information content (AvgIpc) is 2.20. The summed E-state index contributed by atoms with van der Waals surface area (Å²) in [4.78, 5) is 2.77. The summed E-state index contributed by atoms with van der Waals surface area (Å²) in [6.07, 6.45) is 11.7. The van der Waals surface area contributed by atoms with E-state index in [2.05, 4.69) is 11.8 Å². The summed E-state index contributed by atoms with van der Waals surface area (Å²) < 4.78 is 0. The van der Waals surface area contributed by atoms with E-state index in [1.165, 1.54) is 64.5 Å². The van der Waals surface area contributed by atoms with Crippen LogP contribution in [-0.4, -0.2) is 23.5 Å². The Labute approximate surface area is 94.7 Å². The van der Waals surface area contributed by atoms with Gasteiger partial charge in [-0.05, 0) is 45.7 Å². The third-order valence-electron chi connectivity index (χ3n) is 4.05. The van der Waals surface area contributed by atoms with Crippen LogP contribution in [0, 0.1) is 0 Å². The highest BCUT2D eigenvalue weighted by molar-refractivity contribution is 5.85. The first-order valence-corrected chi connectivity index (χ1v) is 6.06. The Morgan fingerprint density at radius 1 is 0.786 bits per heavy atom. The molecule has 2 rings (SSSR count). The van der Waals surface area contributed by atoms with Gasteiger partial charge in [-0.1, -0.05) is 25.7 Å². The molecule has 0 amide bonds. The maximum absolute atomic E-state index is 2.77. The van der Waals surface area contributed by atoms with Crippen molar-refractivity contribution < 1.29 is 0 Å². The average molecular weight is 218 g/mol. The van der Waals surface area contributed by atoms with Crippen molar-refractivity contribution >= 4 is 12.4 Å². The Morgan fingerprint density at radius 3 is 1.86 bits per heavy atom. The highest BCUT2D eigenvalue weighted by Crippen LogP contribution is 2.34. The maximum atomic E-state index is 2.77. The van der Waals surface area contributed by atoms with Crippen molar-refractivity contribution in [3.05, 3.63) is 0 Å². The SMILES string of the molecule is CC1(N2CCCCC2)CCCCC1.Cl. The van der Waals surface area contributed by atoms with Crippen molar-refractivity contribution in [1.82, 2.24) is 4.90 Å². The van der Waals surface area contributed by atoms with Crippen molar-refractivity contribution in [3.63, 3.8) is 0 Å². The summed E-state index contributed by atoms with van der Waals surface area (Å²) in [7, 11) is 0. The van der Waals surface area contributed by atoms with Gasteiger partial charge >= 0.3 is 0 Å². The summed E-state index contributed by atoms with van der Waals surface area (Å²) in [6.45, 7) is 5.24. The second kappa shape index (κ2) is 5.37. The van der Waals surface area contributed by atoms with E-state index in [-0.39, 0.29) is 12.4 Å². The Morgan fingerprint density at radius 2 is 1.29 bits per heavy atom. The molecule has 0 atom stereocenters. The van der Waals surface area contributed by atoms with Crippen LogP contribution in [0.5, 0.6) is 0 Å². The molecule has 1 aliphatic heterocycles. The van der Waals surface area contributed by atoms with Gasteiger partial charge in [0.05, 0.1) is 0 Å². The molecule has 0 aromatic carbocycles. The molecule has 1 saturated heterocycles. The summed E-state index contributed by atoms with van der Waals surface area (Å²) in [5.41, 5.74) is 0.582. The number of halogens is 1. The van der Waals surface area contributed by atoms with Gasteiger partial charge in [-0.2, -0.15) is 0 Å². The normalized spacial score (nSPS) is 28.1. The fraction of sp³-hybridized carbons (Fsp3) is 1.00. The molecule has 0 aromatic heterocycles. The maximum Gasteiger partial charge on any atom is 0.0181 e. The van der Waals surface area contributed by atoms with Gasteiger partial charge < -0.3 is 0 Å². The van der Waals surface area contributed by atoms with Gasteiger partial charge in [-0.3, -0.25) is 4.90 Å². The number of piperidine rings is 1. The van der Waals surface area contributed by atoms with Gasteiger partial charge in [0, 0.05) is 5.54 Å². The molecule has 0 bridgehead atoms. The first kappa shape index (κ1) is 12.3. The van der Waals surface area contributed by atoms with Crippen molar-refractivity contribution in [1.29, 1.82) is 0 Å². The Hall–Kier alpha value is 0.250. The third-order valence-corrected chi connectivity index (χ3v) is 4.05. The zero-order valence-electron chi connectivity index (χ0n) is 9.43. The van der Waals surface area contributed by atoms with Crippen molar-refractivity contribution in [2.75, 3.05) is 13.1 Å². The van der Waals surface area contributed by atoms with E-state index in [1.54, 1.807) is 0 Å². The zero-order valence-corrected chi connectivity index (χ0v) is 10.2. The third kappa shape index (κ3) is 2.64. The van der Waals surface area contributed by atoms with Crippen LogP contribution in [0.4, 0.5) is 0 Å². The topological polar surface area (TPSA) is 3.24 Å². The fourth-order valence-electron chi connectivity index (χ4n) is 3.06. The van der Waals surface area contributed by atoms with Crippen molar-refractivity contribution in [2.24, 2.45) is 0 Å². The molecule has 1 aliphatic carbocycles. The van der Waals surface area contributed by atoms with Crippen LogP contribution in [0.1, 0.15) is 58.3 Å². The molecule has 0 radical (unpaired) electrons. The molecule has 1 saturated carbocycles. The lowest BCUT2D eigenvalue weighted by molar-refractivity contribution is 0.0486. The van der Waals surface area contributed by atoms with E-state index in [9.17, 15) is 0 Å². The molecule has 0 N–H and O–H groups in total. The van der Waals surface area contributed by atoms with Crippen LogP contribution in [0.15, 0.2) is 0 Å². The van der Waals surface area contributed by atoms with Gasteiger partial charge in [0.1, 0.15) is 0 Å². The minimum atomic E-state index is 0. The largest absolute Gasteiger partial charge is 0.298 e. The molecule has 0 spiro atoms. The Balaban J connectivity index is 0.000000980. The number of rotatable bonds is 1. The molecule has 2 aliphatic rings. The highest BCUT2D eigenvalue weighted by atomic mass is 35.5. The molecule has 1 heterocycles. The van der Waals surface area contributed by atoms with Gasteiger partial charge in [0.2, 0.25) is 0 Å². The van der Waals surface area contributed by atoms with Crippen LogP contribution >= 0.6 is 12.4 Å². The summed E-state index contributed by atoms with van der Waals surface area (Å²) in [5, 5.41) is 0. The minimum Gasteiger partial charge on any atom is -0.298 e. The molecule has 1 nitrogen and oxygen atoms in total. The summed E-state index contributed by atoms with van der Waals surface area (Å²) in [5.74, 6) is 0. The lowest BCUT2D eigenvalue weighted by Gasteiger charge is -2.46. The van der Waals surface area contributed by atoms with Gasteiger partial charge in [0.15, 0.2) is 0 Å². The Kier molecular flexibility index (Phi) is 4.72. The quantitative estimate of drug-likeness (QED) is 0.649. The molecule has 14 heavy (non-hydrogen) atoms. The van der Waals surface area contributed by atoms with Crippen molar-refractivity contribution in [3.8, 4) is 0 Å². The van der Waals surface area contributed by atoms with Crippen LogP contribution in [0.2, 0.25) is 0 Å². The van der Waals surface area contributed by atoms with E-state index >= 15 is 0 Å². The molecular formula is C12H24ClN. The lowest BCUT2D eigenvalue weighted by Crippen LogP contribution is -2.49. The minimum absolute atomic E-state index is 0. The molecule has 0 unspecified atom stereocenters. The van der Waals surface area contributed by atoms with Crippen LogP contribution in [0.25, 0.3) is 0 Å². The number of likely N-dealkylation sites (tertiary alicyclic amines) is 1. The highest BCUT2D eigenvalue weighted by Gasteiger charge is 2.33. The monoisotopic (exact) mass is 217 g/mol. The number of hydrogen-bond donors (Lipinski definition) is 0. The van der Waals surface area contributed by atoms with E-state index in [1.807, 2.05) is 0 Å². The molecule has 84 valence electrons. The predicted molar refractivity (Wildman–Crippen MR) is 64.2 cm³/mol. The van der Waals surface area contributed by atoms with Gasteiger partial charge in [-0.15, -0.1) is 12.4 Å². The lowest BCUT2D eigenvalue weighted by atomic mass is 9.81. The number of hydrogen-bond acceptors (Lipinski definition) is 1. The van der Waals surface area contributed by atoms with Gasteiger partial charge in [0.25, 0.3) is 0 Å². The standard InChI is InChI=1S/C12H23N.ClH/c1-12(8-4-2-5-9-12)13-10-6-3-7-11-13;/h2-11H2,1H3;1H. The van der Waals surface area contributed by atoms with Crippen LogP contribution in [-0.2, 0) is 0 Å². The van der Waals surface area contributed by atoms with Gasteiger partial charge in [-0.25, -0.2) is 0 Å². The first-order chi connectivity index (χ1) is 6.31. The van der Waals surface area contributed by atoms with Crippen LogP contribution < -0.4 is 0 Å². The second-order valence-corrected chi connectivity index (χ2v) is 5.11. The van der Waals surface area contributed by atoms with E-state index in [4.69, 9.17) is 0 Å². The van der Waals surface area contributed by atoms with E-state index < -0.39 is 0 Å². The molecule has 0 aromatic rings. The summed E-state index contributed by atoms with van der Waals surface area (Å²) in [6, 6.07) is 0.